The molecule has 1 aromatic heterocycles. The largest absolute Gasteiger partial charge is 0.490 e. The molecule has 0 unspecified atom stereocenters. The number of amides is 1. The molecule has 0 aliphatic heterocycles. The van der Waals surface area contributed by atoms with Crippen molar-refractivity contribution < 1.29 is 14.6 Å². The number of carbonyl (C=O) groups is 1. The molecule has 24 heavy (non-hydrogen) atoms. The Kier molecular flexibility index (Phi) is 4.85. The molecule has 0 bridgehead atoms. The zero-order chi connectivity index (χ0) is 17.1. The van der Waals surface area contributed by atoms with Crippen LogP contribution in [0.15, 0.2) is 24.3 Å². The van der Waals surface area contributed by atoms with Crippen molar-refractivity contribution in [2.75, 3.05) is 12.3 Å². The first-order chi connectivity index (χ1) is 11.6. The van der Waals surface area contributed by atoms with E-state index in [0.717, 1.165) is 48.0 Å². The number of pyridine rings is 1. The van der Waals surface area contributed by atoms with Crippen LogP contribution in [-0.2, 0) is 4.79 Å². The third-order valence-corrected chi connectivity index (χ3v) is 4.43. The first kappa shape index (κ1) is 16.5. The lowest BCUT2D eigenvalue weighted by Gasteiger charge is -2.29. The van der Waals surface area contributed by atoms with Crippen LogP contribution < -0.4 is 15.8 Å². The highest BCUT2D eigenvalue weighted by Crippen LogP contribution is 2.33. The summed E-state index contributed by atoms with van der Waals surface area (Å²) in [7, 11) is 0. The molecule has 3 rings (SSSR count). The lowest BCUT2D eigenvalue weighted by molar-refractivity contribution is -0.124. The summed E-state index contributed by atoms with van der Waals surface area (Å²) in [5.74, 6) is 0.447. The number of hydrogen-bond donors (Lipinski definition) is 3. The number of hydrogen-bond acceptors (Lipinski definition) is 5. The Morgan fingerprint density at radius 3 is 2.83 bits per heavy atom. The van der Waals surface area contributed by atoms with Crippen molar-refractivity contribution in [3.05, 3.63) is 30.0 Å². The molecule has 128 valence electrons. The normalized spacial score (nSPS) is 20.8. The van der Waals surface area contributed by atoms with Crippen LogP contribution in [0.1, 0.15) is 31.4 Å². The van der Waals surface area contributed by atoms with Crippen molar-refractivity contribution in [2.45, 2.75) is 44.8 Å². The van der Waals surface area contributed by atoms with Crippen molar-refractivity contribution in [1.29, 1.82) is 0 Å². The summed E-state index contributed by atoms with van der Waals surface area (Å²) in [5, 5.41) is 12.5. The number of ether oxygens (including phenoxy) is 1. The molecule has 6 nitrogen and oxygen atoms in total. The molecule has 1 fully saturated rings. The van der Waals surface area contributed by atoms with Crippen LogP contribution in [0.5, 0.6) is 5.75 Å². The minimum absolute atomic E-state index is 0.0959. The van der Waals surface area contributed by atoms with Gasteiger partial charge in [-0.2, -0.15) is 0 Å². The predicted molar refractivity (Wildman–Crippen MR) is 92.8 cm³/mol. The number of aliphatic hydroxyl groups is 1. The zero-order valence-corrected chi connectivity index (χ0v) is 13.8. The molecule has 0 atom stereocenters. The van der Waals surface area contributed by atoms with E-state index < -0.39 is 6.61 Å². The van der Waals surface area contributed by atoms with Gasteiger partial charge in [0.05, 0.1) is 17.0 Å². The van der Waals surface area contributed by atoms with Gasteiger partial charge in [0, 0.05) is 17.4 Å². The predicted octanol–water partition coefficient (Wildman–Crippen LogP) is 1.92. The Morgan fingerprint density at radius 2 is 2.12 bits per heavy atom. The van der Waals surface area contributed by atoms with E-state index in [-0.39, 0.29) is 18.1 Å². The molecule has 0 spiro atoms. The number of aromatic nitrogens is 1. The van der Waals surface area contributed by atoms with Gasteiger partial charge >= 0.3 is 0 Å². The number of nitrogens with zero attached hydrogens (tertiary/aromatic N) is 1. The Hall–Kier alpha value is -2.34. The van der Waals surface area contributed by atoms with E-state index in [1.54, 1.807) is 0 Å². The van der Waals surface area contributed by atoms with Crippen LogP contribution >= 0.6 is 0 Å². The smallest absolute Gasteiger partial charge is 0.245 e. The number of nitrogens with one attached hydrogen (secondary N) is 1. The Morgan fingerprint density at radius 1 is 1.38 bits per heavy atom. The van der Waals surface area contributed by atoms with E-state index in [2.05, 4.69) is 10.3 Å². The molecule has 1 saturated carbocycles. The fourth-order valence-electron chi connectivity index (χ4n) is 3.30. The quantitative estimate of drug-likeness (QED) is 0.796. The molecular weight excluding hydrogens is 306 g/mol. The average molecular weight is 329 g/mol. The molecule has 0 saturated heterocycles. The first-order valence-corrected chi connectivity index (χ1v) is 8.29. The van der Waals surface area contributed by atoms with Crippen LogP contribution in [0.4, 0.5) is 5.69 Å². The molecule has 1 aromatic carbocycles. The molecule has 1 aliphatic rings. The van der Waals surface area contributed by atoms with Gasteiger partial charge in [0.25, 0.3) is 0 Å². The van der Waals surface area contributed by atoms with E-state index in [9.17, 15) is 4.79 Å². The summed E-state index contributed by atoms with van der Waals surface area (Å²) in [5.41, 5.74) is 8.57. The van der Waals surface area contributed by atoms with E-state index in [1.807, 2.05) is 31.2 Å². The van der Waals surface area contributed by atoms with Gasteiger partial charge in [0.1, 0.15) is 12.4 Å². The minimum atomic E-state index is -0.460. The second-order valence-corrected chi connectivity index (χ2v) is 6.32. The van der Waals surface area contributed by atoms with Gasteiger partial charge in [-0.25, -0.2) is 0 Å². The van der Waals surface area contributed by atoms with E-state index in [4.69, 9.17) is 15.6 Å². The van der Waals surface area contributed by atoms with Crippen molar-refractivity contribution >= 4 is 22.5 Å². The number of anilines is 1. The van der Waals surface area contributed by atoms with Gasteiger partial charge in [-0.15, -0.1) is 0 Å². The highest BCUT2D eigenvalue weighted by molar-refractivity contribution is 5.95. The number of nitrogens with two attached hydrogens (primary N) is 1. The van der Waals surface area contributed by atoms with Gasteiger partial charge in [0.2, 0.25) is 5.91 Å². The summed E-state index contributed by atoms with van der Waals surface area (Å²) in [6.45, 7) is 1.46. The third kappa shape index (κ3) is 3.59. The standard InChI is InChI=1S/C18H23N3O3/c1-11-9-14(19)18-15(20-11)3-2-4-16(18)24-13-7-5-12(6-8-13)21-17(23)10-22/h2-4,9,12-13,22H,5-8,10H2,1H3,(H2,19,20)(H,21,23). The van der Waals surface area contributed by atoms with Crippen LogP contribution in [0.2, 0.25) is 0 Å². The topological polar surface area (TPSA) is 97.5 Å². The number of aryl methyl sites for hydroxylation is 1. The molecule has 1 aliphatic carbocycles. The summed E-state index contributed by atoms with van der Waals surface area (Å²) >= 11 is 0. The summed E-state index contributed by atoms with van der Waals surface area (Å²) in [6, 6.07) is 7.77. The van der Waals surface area contributed by atoms with Crippen LogP contribution in [0.3, 0.4) is 0 Å². The lowest BCUT2D eigenvalue weighted by Crippen LogP contribution is -2.40. The maximum atomic E-state index is 11.3. The molecule has 6 heteroatoms. The first-order valence-electron chi connectivity index (χ1n) is 8.29. The van der Waals surface area contributed by atoms with Crippen molar-refractivity contribution in [1.82, 2.24) is 10.3 Å². The Bertz CT molecular complexity index is 740. The molecular formula is C18H23N3O3. The van der Waals surface area contributed by atoms with Crippen LogP contribution in [0.25, 0.3) is 10.9 Å². The Labute approximate surface area is 141 Å². The number of rotatable bonds is 4. The second kappa shape index (κ2) is 7.05. The van der Waals surface area contributed by atoms with Gasteiger partial charge in [-0.1, -0.05) is 6.07 Å². The van der Waals surface area contributed by atoms with Crippen LogP contribution in [0, 0.1) is 6.92 Å². The fraction of sp³-hybridized carbons (Fsp3) is 0.444. The van der Waals surface area contributed by atoms with E-state index >= 15 is 0 Å². The van der Waals surface area contributed by atoms with Crippen molar-refractivity contribution in [2.24, 2.45) is 0 Å². The maximum absolute atomic E-state index is 11.3. The SMILES string of the molecule is Cc1cc(N)c2c(OC3CCC(NC(=O)CO)CC3)cccc2n1. The number of carbonyl (C=O) groups excluding carboxylic acids is 1. The minimum Gasteiger partial charge on any atom is -0.490 e. The number of benzene rings is 1. The van der Waals surface area contributed by atoms with Gasteiger partial charge < -0.3 is 20.9 Å². The molecule has 0 radical (unpaired) electrons. The average Bonchev–Trinajstić information content (AvgIpc) is 2.56. The Balaban J connectivity index is 1.70. The molecule has 1 heterocycles. The second-order valence-electron chi connectivity index (χ2n) is 6.32. The van der Waals surface area contributed by atoms with Gasteiger partial charge in [-0.05, 0) is 50.8 Å². The molecule has 2 aromatic rings. The van der Waals surface area contributed by atoms with Gasteiger partial charge in [0.15, 0.2) is 0 Å². The third-order valence-electron chi connectivity index (χ3n) is 4.43. The van der Waals surface area contributed by atoms with E-state index in [1.165, 1.54) is 0 Å². The summed E-state index contributed by atoms with van der Waals surface area (Å²) in [6.07, 6.45) is 3.48. The number of aliphatic hydroxyl groups excluding tert-OH is 1. The van der Waals surface area contributed by atoms with Crippen molar-refractivity contribution in [3.63, 3.8) is 0 Å². The highest BCUT2D eigenvalue weighted by Gasteiger charge is 2.24. The molecule has 1 amide bonds. The van der Waals surface area contributed by atoms with E-state index in [0.29, 0.717) is 5.69 Å². The monoisotopic (exact) mass is 329 g/mol. The van der Waals surface area contributed by atoms with Crippen LogP contribution in [-0.4, -0.2) is 34.8 Å². The molecule has 4 N–H and O–H groups in total. The lowest BCUT2D eigenvalue weighted by atomic mass is 9.93. The zero-order valence-electron chi connectivity index (χ0n) is 13.8. The summed E-state index contributed by atoms with van der Waals surface area (Å²) < 4.78 is 6.19. The highest BCUT2D eigenvalue weighted by atomic mass is 16.5. The fourth-order valence-corrected chi connectivity index (χ4v) is 3.30. The maximum Gasteiger partial charge on any atom is 0.245 e. The van der Waals surface area contributed by atoms with Crippen molar-refractivity contribution in [3.8, 4) is 5.75 Å². The summed E-state index contributed by atoms with van der Waals surface area (Å²) in [4.78, 5) is 15.8. The number of fused-ring (bicyclic) bond motifs is 1. The number of nitrogen functional groups attached to an aromatic ring is 1. The van der Waals surface area contributed by atoms with Gasteiger partial charge in [-0.3, -0.25) is 9.78 Å².